The second-order valence-corrected chi connectivity index (χ2v) is 6.16. The van der Waals surface area contributed by atoms with Crippen molar-refractivity contribution in [2.24, 2.45) is 0 Å². The van der Waals surface area contributed by atoms with E-state index in [0.29, 0.717) is 10.7 Å². The van der Waals surface area contributed by atoms with Crippen molar-refractivity contribution in [3.63, 3.8) is 0 Å². The summed E-state index contributed by atoms with van der Waals surface area (Å²) in [5, 5.41) is 0.525. The molecule has 1 atom stereocenters. The molecule has 0 saturated carbocycles. The summed E-state index contributed by atoms with van der Waals surface area (Å²) in [6, 6.07) is 26.7. The summed E-state index contributed by atoms with van der Waals surface area (Å²) in [5.74, 6) is -0.815. The number of hydrogen-bond donors (Lipinski definition) is 0. The van der Waals surface area contributed by atoms with Crippen LogP contribution in [0.25, 0.3) is 0 Å². The van der Waals surface area contributed by atoms with Gasteiger partial charge in [0.25, 0.3) is 11.4 Å². The van der Waals surface area contributed by atoms with E-state index >= 15 is 0 Å². The Morgan fingerprint density at radius 1 is 0.800 bits per heavy atom. The van der Waals surface area contributed by atoms with Gasteiger partial charge < -0.3 is 0 Å². The van der Waals surface area contributed by atoms with Crippen LogP contribution >= 0.6 is 11.6 Å². The van der Waals surface area contributed by atoms with Crippen molar-refractivity contribution in [1.82, 2.24) is 0 Å². The standard InChI is InChI=1S/C21H15ClNO2/c22-17-13-7-8-14-18(17)23-20(16-11-5-2-6-12-16)19(21(24)25-23)15-9-3-1-4-10-15/h1-14,19H/q+1. The maximum Gasteiger partial charge on any atom is 0.398 e. The van der Waals surface area contributed by atoms with Crippen LogP contribution in [0.4, 0.5) is 5.69 Å². The Hall–Kier alpha value is -2.91. The summed E-state index contributed by atoms with van der Waals surface area (Å²) in [6.07, 6.45) is 0. The molecule has 3 aromatic carbocycles. The molecular weight excluding hydrogens is 334 g/mol. The minimum atomic E-state index is -0.500. The van der Waals surface area contributed by atoms with E-state index < -0.39 is 5.92 Å². The smallest absolute Gasteiger partial charge is 0.243 e. The first-order chi connectivity index (χ1) is 12.3. The topological polar surface area (TPSA) is 29.3 Å². The molecule has 0 aromatic heterocycles. The third kappa shape index (κ3) is 2.83. The highest BCUT2D eigenvalue weighted by molar-refractivity contribution is 6.32. The molecule has 1 unspecified atom stereocenters. The van der Waals surface area contributed by atoms with E-state index in [2.05, 4.69) is 0 Å². The summed E-state index contributed by atoms with van der Waals surface area (Å²) in [5.41, 5.74) is 3.22. The molecule has 1 heterocycles. The van der Waals surface area contributed by atoms with Crippen molar-refractivity contribution in [3.8, 4) is 0 Å². The second-order valence-electron chi connectivity index (χ2n) is 5.75. The summed E-state index contributed by atoms with van der Waals surface area (Å²) >= 11 is 6.35. The highest BCUT2D eigenvalue weighted by Crippen LogP contribution is 2.34. The molecule has 4 heteroatoms. The molecular formula is C21H15ClNO2+. The second kappa shape index (κ2) is 6.54. The molecule has 25 heavy (non-hydrogen) atoms. The maximum absolute atomic E-state index is 12.7. The molecule has 3 nitrogen and oxygen atoms in total. The minimum absolute atomic E-state index is 0.315. The molecule has 0 saturated heterocycles. The molecule has 4 rings (SSSR count). The van der Waals surface area contributed by atoms with Crippen LogP contribution in [-0.4, -0.2) is 16.4 Å². The van der Waals surface area contributed by atoms with Gasteiger partial charge in [-0.3, -0.25) is 0 Å². The van der Waals surface area contributed by atoms with Crippen LogP contribution in [0.5, 0.6) is 0 Å². The lowest BCUT2D eigenvalue weighted by Crippen LogP contribution is -2.18. The Labute approximate surface area is 150 Å². The van der Waals surface area contributed by atoms with E-state index in [1.807, 2.05) is 78.9 Å². The van der Waals surface area contributed by atoms with Gasteiger partial charge in [-0.15, -0.1) is 0 Å². The Morgan fingerprint density at radius 2 is 1.40 bits per heavy atom. The van der Waals surface area contributed by atoms with Crippen molar-refractivity contribution in [3.05, 3.63) is 101 Å². The fraction of sp³-hybridized carbons (Fsp3) is 0.0476. The predicted octanol–water partition coefficient (Wildman–Crippen LogP) is 4.73. The van der Waals surface area contributed by atoms with Gasteiger partial charge in [0.15, 0.2) is 5.92 Å². The van der Waals surface area contributed by atoms with Gasteiger partial charge in [0, 0.05) is 16.4 Å². The Morgan fingerprint density at radius 3 is 2.08 bits per heavy atom. The molecule has 0 amide bonds. The van der Waals surface area contributed by atoms with E-state index in [1.165, 1.54) is 0 Å². The van der Waals surface area contributed by atoms with Crippen LogP contribution in [0, 0.1) is 0 Å². The molecule has 122 valence electrons. The SMILES string of the molecule is O=C1O[N+](c2ccccc2Cl)=C(c2ccccc2)C1c1ccccc1. The van der Waals surface area contributed by atoms with Crippen LogP contribution < -0.4 is 0 Å². The number of para-hydroxylation sites is 1. The zero-order chi connectivity index (χ0) is 17.2. The first kappa shape index (κ1) is 15.6. The summed E-state index contributed by atoms with van der Waals surface area (Å²) < 4.78 is 1.55. The summed E-state index contributed by atoms with van der Waals surface area (Å²) in [6.45, 7) is 0. The zero-order valence-corrected chi connectivity index (χ0v) is 14.1. The molecule has 1 aliphatic rings. The zero-order valence-electron chi connectivity index (χ0n) is 13.3. The molecule has 0 spiro atoms. The number of nitrogens with zero attached hydrogens (tertiary/aromatic N) is 1. The third-order valence-corrected chi connectivity index (χ3v) is 4.50. The van der Waals surface area contributed by atoms with E-state index in [9.17, 15) is 4.79 Å². The number of carbonyl (C=O) groups is 1. The van der Waals surface area contributed by atoms with Crippen molar-refractivity contribution in [2.45, 2.75) is 5.92 Å². The molecule has 0 fully saturated rings. The lowest BCUT2D eigenvalue weighted by molar-refractivity contribution is -0.692. The average molecular weight is 349 g/mol. The normalized spacial score (nSPS) is 16.8. The fourth-order valence-corrected chi connectivity index (χ4v) is 3.26. The van der Waals surface area contributed by atoms with Crippen LogP contribution in [0.15, 0.2) is 84.9 Å². The van der Waals surface area contributed by atoms with E-state index in [0.717, 1.165) is 16.8 Å². The monoisotopic (exact) mass is 348 g/mol. The molecule has 0 radical (unpaired) electrons. The summed E-state index contributed by atoms with van der Waals surface area (Å²) in [7, 11) is 0. The highest BCUT2D eigenvalue weighted by atomic mass is 35.5. The van der Waals surface area contributed by atoms with Crippen molar-refractivity contribution in [2.75, 3.05) is 0 Å². The predicted molar refractivity (Wildman–Crippen MR) is 97.2 cm³/mol. The number of hydrogen-bond acceptors (Lipinski definition) is 2. The minimum Gasteiger partial charge on any atom is -0.243 e. The van der Waals surface area contributed by atoms with Crippen LogP contribution in [0.3, 0.4) is 0 Å². The maximum atomic E-state index is 12.7. The van der Waals surface area contributed by atoms with Crippen LogP contribution in [0.1, 0.15) is 17.0 Å². The molecule has 0 N–H and O–H groups in total. The molecule has 1 aliphatic heterocycles. The van der Waals surface area contributed by atoms with Gasteiger partial charge in [0.05, 0.1) is 0 Å². The van der Waals surface area contributed by atoms with Crippen molar-refractivity contribution in [1.29, 1.82) is 0 Å². The van der Waals surface area contributed by atoms with E-state index in [-0.39, 0.29) is 5.97 Å². The molecule has 0 aliphatic carbocycles. The van der Waals surface area contributed by atoms with Gasteiger partial charge in [-0.1, -0.05) is 72.3 Å². The Balaban J connectivity index is 1.97. The number of benzene rings is 3. The quantitative estimate of drug-likeness (QED) is 0.506. The highest BCUT2D eigenvalue weighted by Gasteiger charge is 2.47. The number of rotatable bonds is 3. The lowest BCUT2D eigenvalue weighted by atomic mass is 9.90. The Bertz CT molecular complexity index is 952. The molecule has 0 bridgehead atoms. The van der Waals surface area contributed by atoms with Crippen molar-refractivity contribution >= 4 is 29.0 Å². The van der Waals surface area contributed by atoms with Crippen LogP contribution in [0.2, 0.25) is 5.02 Å². The van der Waals surface area contributed by atoms with E-state index in [1.54, 1.807) is 10.8 Å². The fourth-order valence-electron chi connectivity index (χ4n) is 3.05. The first-order valence-corrected chi connectivity index (χ1v) is 8.37. The number of carbonyl (C=O) groups excluding carboxylic acids is 1. The van der Waals surface area contributed by atoms with Gasteiger partial charge in [-0.2, -0.15) is 4.84 Å². The lowest BCUT2D eigenvalue weighted by Gasteiger charge is -2.05. The molecule has 3 aromatic rings. The van der Waals surface area contributed by atoms with E-state index in [4.69, 9.17) is 16.4 Å². The van der Waals surface area contributed by atoms with Gasteiger partial charge in [0.2, 0.25) is 0 Å². The van der Waals surface area contributed by atoms with Crippen molar-refractivity contribution < 1.29 is 14.4 Å². The largest absolute Gasteiger partial charge is 0.398 e. The Kier molecular flexibility index (Phi) is 4.08. The van der Waals surface area contributed by atoms with Gasteiger partial charge in [-0.25, -0.2) is 4.79 Å². The third-order valence-electron chi connectivity index (χ3n) is 4.18. The van der Waals surface area contributed by atoms with Gasteiger partial charge >= 0.3 is 5.97 Å². The number of halogens is 1. The van der Waals surface area contributed by atoms with Gasteiger partial charge in [0.1, 0.15) is 5.02 Å². The average Bonchev–Trinajstić information content (AvgIpc) is 3.00. The summed E-state index contributed by atoms with van der Waals surface area (Å²) in [4.78, 5) is 18.4. The van der Waals surface area contributed by atoms with Crippen LogP contribution in [-0.2, 0) is 9.63 Å². The van der Waals surface area contributed by atoms with Gasteiger partial charge in [-0.05, 0) is 23.8 Å². The first-order valence-electron chi connectivity index (χ1n) is 7.99.